The minimum Gasteiger partial charge on any atom is -0.491 e. The lowest BCUT2D eigenvalue weighted by Gasteiger charge is -2.09. The van der Waals surface area contributed by atoms with Gasteiger partial charge in [0.15, 0.2) is 5.84 Å². The van der Waals surface area contributed by atoms with Crippen molar-refractivity contribution in [3.05, 3.63) is 29.3 Å². The van der Waals surface area contributed by atoms with Gasteiger partial charge in [0.05, 0.1) is 6.61 Å². The maximum Gasteiger partial charge on any atom is 0.170 e. The van der Waals surface area contributed by atoms with E-state index in [1.165, 1.54) is 0 Å². The quantitative estimate of drug-likeness (QED) is 0.255. The van der Waals surface area contributed by atoms with Gasteiger partial charge in [-0.25, -0.2) is 0 Å². The molecule has 0 aliphatic heterocycles. The van der Waals surface area contributed by atoms with Crippen molar-refractivity contribution in [3.63, 3.8) is 0 Å². The van der Waals surface area contributed by atoms with E-state index in [1.54, 1.807) is 12.1 Å². The number of nitrogens with zero attached hydrogens (tertiary/aromatic N) is 1. The first-order valence-electron chi connectivity index (χ1n) is 5.98. The van der Waals surface area contributed by atoms with Crippen molar-refractivity contribution in [2.24, 2.45) is 10.9 Å². The first kappa shape index (κ1) is 14.3. The normalized spacial score (nSPS) is 11.6. The maximum absolute atomic E-state index is 8.62. The molecule has 0 aliphatic rings. The third kappa shape index (κ3) is 4.25. The predicted octanol–water partition coefficient (Wildman–Crippen LogP) is 1.89. The summed E-state index contributed by atoms with van der Waals surface area (Å²) in [6.07, 6.45) is 1.01. The SMILES string of the molecule is CCCOCCOc1ccc(/C(N)=N/O)c(C)c1. The monoisotopic (exact) mass is 252 g/mol. The summed E-state index contributed by atoms with van der Waals surface area (Å²) in [6.45, 7) is 5.80. The molecule has 18 heavy (non-hydrogen) atoms. The smallest absolute Gasteiger partial charge is 0.170 e. The van der Waals surface area contributed by atoms with Crippen molar-refractivity contribution in [1.82, 2.24) is 0 Å². The number of amidine groups is 1. The molecule has 1 aromatic carbocycles. The molecule has 0 fully saturated rings. The van der Waals surface area contributed by atoms with E-state index in [-0.39, 0.29) is 5.84 Å². The lowest BCUT2D eigenvalue weighted by molar-refractivity contribution is 0.101. The molecule has 0 radical (unpaired) electrons. The molecule has 1 rings (SSSR count). The molecule has 0 aromatic heterocycles. The van der Waals surface area contributed by atoms with Crippen molar-refractivity contribution in [3.8, 4) is 5.75 Å². The molecular weight excluding hydrogens is 232 g/mol. The van der Waals surface area contributed by atoms with Gasteiger partial charge in [0.25, 0.3) is 0 Å². The standard InChI is InChI=1S/C13H20N2O3/c1-3-6-17-7-8-18-11-4-5-12(10(2)9-11)13(14)15-16/h4-5,9,16H,3,6-8H2,1-2H3,(H2,14,15). The molecule has 0 saturated heterocycles. The largest absolute Gasteiger partial charge is 0.491 e. The van der Waals surface area contributed by atoms with Gasteiger partial charge in [-0.15, -0.1) is 0 Å². The van der Waals surface area contributed by atoms with Crippen LogP contribution in [0, 0.1) is 6.92 Å². The average Bonchev–Trinajstić information content (AvgIpc) is 2.38. The Balaban J connectivity index is 2.51. The number of benzene rings is 1. The van der Waals surface area contributed by atoms with Crippen LogP contribution < -0.4 is 10.5 Å². The van der Waals surface area contributed by atoms with Crippen LogP contribution in [0.1, 0.15) is 24.5 Å². The van der Waals surface area contributed by atoms with Crippen molar-refractivity contribution in [2.45, 2.75) is 20.3 Å². The molecule has 5 heteroatoms. The van der Waals surface area contributed by atoms with Crippen molar-refractivity contribution in [2.75, 3.05) is 19.8 Å². The minimum atomic E-state index is 0.102. The summed E-state index contributed by atoms with van der Waals surface area (Å²) in [5, 5.41) is 11.6. The van der Waals surface area contributed by atoms with Crippen molar-refractivity contribution >= 4 is 5.84 Å². The Kier molecular flexibility index (Phi) is 6.00. The average molecular weight is 252 g/mol. The highest BCUT2D eigenvalue weighted by Gasteiger charge is 2.05. The predicted molar refractivity (Wildman–Crippen MR) is 70.3 cm³/mol. The topological polar surface area (TPSA) is 77.1 Å². The Morgan fingerprint density at radius 3 is 2.72 bits per heavy atom. The Bertz CT molecular complexity index is 405. The number of ether oxygens (including phenoxy) is 2. The van der Waals surface area contributed by atoms with Crippen molar-refractivity contribution < 1.29 is 14.7 Å². The van der Waals surface area contributed by atoms with Crippen LogP contribution in [0.25, 0.3) is 0 Å². The summed E-state index contributed by atoms with van der Waals surface area (Å²) in [5.74, 6) is 0.854. The first-order valence-corrected chi connectivity index (χ1v) is 5.98. The molecule has 0 aliphatic carbocycles. The van der Waals surface area contributed by atoms with Gasteiger partial charge in [-0.3, -0.25) is 0 Å². The highest BCUT2D eigenvalue weighted by Crippen LogP contribution is 2.17. The molecular formula is C13H20N2O3. The van der Waals surface area contributed by atoms with Crippen LogP contribution in [-0.4, -0.2) is 30.9 Å². The summed E-state index contributed by atoms with van der Waals surface area (Å²) >= 11 is 0. The molecule has 0 amide bonds. The zero-order valence-electron chi connectivity index (χ0n) is 10.8. The van der Waals surface area contributed by atoms with Crippen LogP contribution in [0.15, 0.2) is 23.4 Å². The highest BCUT2D eigenvalue weighted by molar-refractivity contribution is 5.98. The zero-order chi connectivity index (χ0) is 13.4. The molecule has 5 nitrogen and oxygen atoms in total. The highest BCUT2D eigenvalue weighted by atomic mass is 16.5. The number of rotatable bonds is 7. The fourth-order valence-corrected chi connectivity index (χ4v) is 1.53. The maximum atomic E-state index is 8.62. The summed E-state index contributed by atoms with van der Waals surface area (Å²) in [4.78, 5) is 0. The molecule has 0 unspecified atom stereocenters. The number of oxime groups is 1. The van der Waals surface area contributed by atoms with E-state index in [0.29, 0.717) is 18.8 Å². The fourth-order valence-electron chi connectivity index (χ4n) is 1.53. The summed E-state index contributed by atoms with van der Waals surface area (Å²) in [6, 6.07) is 5.42. The number of aryl methyl sites for hydroxylation is 1. The van der Waals surface area contributed by atoms with Gasteiger partial charge in [0.2, 0.25) is 0 Å². The van der Waals surface area contributed by atoms with Gasteiger partial charge in [0, 0.05) is 12.2 Å². The van der Waals surface area contributed by atoms with Gasteiger partial charge in [-0.05, 0) is 37.1 Å². The minimum absolute atomic E-state index is 0.102. The second-order valence-corrected chi connectivity index (χ2v) is 3.92. The van der Waals surface area contributed by atoms with E-state index >= 15 is 0 Å². The number of nitrogens with two attached hydrogens (primary N) is 1. The molecule has 0 bridgehead atoms. The van der Waals surface area contributed by atoms with Gasteiger partial charge in [-0.1, -0.05) is 12.1 Å². The van der Waals surface area contributed by atoms with E-state index in [9.17, 15) is 0 Å². The lowest BCUT2D eigenvalue weighted by Crippen LogP contribution is -2.14. The zero-order valence-corrected chi connectivity index (χ0v) is 10.8. The van der Waals surface area contributed by atoms with Crippen LogP contribution >= 0.6 is 0 Å². The summed E-state index contributed by atoms with van der Waals surface area (Å²) in [7, 11) is 0. The van der Waals surface area contributed by atoms with Crippen LogP contribution in [0.4, 0.5) is 0 Å². The van der Waals surface area contributed by atoms with Crippen LogP contribution in [-0.2, 0) is 4.74 Å². The second-order valence-electron chi connectivity index (χ2n) is 3.92. The van der Waals surface area contributed by atoms with Crippen LogP contribution in [0.5, 0.6) is 5.75 Å². The molecule has 0 spiro atoms. The Labute approximate surface area is 107 Å². The van der Waals surface area contributed by atoms with Gasteiger partial charge in [0.1, 0.15) is 12.4 Å². The third-order valence-corrected chi connectivity index (χ3v) is 2.43. The van der Waals surface area contributed by atoms with E-state index in [0.717, 1.165) is 24.3 Å². The molecule has 100 valence electrons. The second kappa shape index (κ2) is 7.55. The van der Waals surface area contributed by atoms with E-state index < -0.39 is 0 Å². The summed E-state index contributed by atoms with van der Waals surface area (Å²) < 4.78 is 10.9. The molecule has 0 atom stereocenters. The Morgan fingerprint density at radius 1 is 1.33 bits per heavy atom. The Morgan fingerprint density at radius 2 is 2.11 bits per heavy atom. The molecule has 3 N–H and O–H groups in total. The molecule has 1 aromatic rings. The van der Waals surface area contributed by atoms with E-state index in [1.807, 2.05) is 13.0 Å². The molecule has 0 saturated carbocycles. The molecule has 0 heterocycles. The number of hydrogen-bond acceptors (Lipinski definition) is 4. The lowest BCUT2D eigenvalue weighted by atomic mass is 10.1. The third-order valence-electron chi connectivity index (χ3n) is 2.43. The van der Waals surface area contributed by atoms with Crippen LogP contribution in [0.3, 0.4) is 0 Å². The van der Waals surface area contributed by atoms with E-state index in [4.69, 9.17) is 20.4 Å². The fraction of sp³-hybridized carbons (Fsp3) is 0.462. The van der Waals surface area contributed by atoms with Gasteiger partial charge >= 0.3 is 0 Å². The van der Waals surface area contributed by atoms with Gasteiger partial charge < -0.3 is 20.4 Å². The summed E-state index contributed by atoms with van der Waals surface area (Å²) in [5.41, 5.74) is 7.14. The number of hydrogen-bond donors (Lipinski definition) is 2. The Hall–Kier alpha value is -1.75. The van der Waals surface area contributed by atoms with Crippen LogP contribution in [0.2, 0.25) is 0 Å². The van der Waals surface area contributed by atoms with E-state index in [2.05, 4.69) is 12.1 Å². The van der Waals surface area contributed by atoms with Crippen molar-refractivity contribution in [1.29, 1.82) is 0 Å². The van der Waals surface area contributed by atoms with Gasteiger partial charge in [-0.2, -0.15) is 0 Å². The first-order chi connectivity index (χ1) is 8.69.